The van der Waals surface area contributed by atoms with E-state index < -0.39 is 5.60 Å². The van der Waals surface area contributed by atoms with E-state index in [0.717, 1.165) is 35.5 Å². The molecule has 0 radical (unpaired) electrons. The highest BCUT2D eigenvalue weighted by molar-refractivity contribution is 5.86. The van der Waals surface area contributed by atoms with Crippen LogP contribution in [0.4, 0.5) is 0 Å². The van der Waals surface area contributed by atoms with Crippen LogP contribution in [0, 0.1) is 0 Å². The van der Waals surface area contributed by atoms with Gasteiger partial charge in [0.15, 0.2) is 5.60 Å². The molecule has 6 heteroatoms. The number of ether oxygens (including phenoxy) is 2. The largest absolute Gasteiger partial charge is 0.497 e. The van der Waals surface area contributed by atoms with E-state index in [-0.39, 0.29) is 5.91 Å². The molecule has 1 aliphatic rings. The molecule has 0 unspecified atom stereocenters. The predicted octanol–water partition coefficient (Wildman–Crippen LogP) is 3.66. The SMILES string of the molecule is COc1ccc(CN2CCO[C@@](Cc3cccc(-c4cccnc4)c3)(C(=O)N(C)C)C2)cc1. The molecule has 2 aromatic carbocycles. The van der Waals surface area contributed by atoms with E-state index in [2.05, 4.69) is 40.2 Å². The molecule has 1 aliphatic heterocycles. The Morgan fingerprint density at radius 3 is 2.58 bits per heavy atom. The van der Waals surface area contributed by atoms with Gasteiger partial charge in [-0.05, 0) is 40.5 Å². The minimum Gasteiger partial charge on any atom is -0.497 e. The van der Waals surface area contributed by atoms with E-state index in [4.69, 9.17) is 9.47 Å². The minimum absolute atomic E-state index is 0.00582. The molecular formula is C27H31N3O3. The van der Waals surface area contributed by atoms with E-state index in [1.54, 1.807) is 32.3 Å². The molecule has 33 heavy (non-hydrogen) atoms. The average molecular weight is 446 g/mol. The third-order valence-corrected chi connectivity index (χ3v) is 6.04. The van der Waals surface area contributed by atoms with E-state index in [9.17, 15) is 4.79 Å². The predicted molar refractivity (Wildman–Crippen MR) is 129 cm³/mol. The van der Waals surface area contributed by atoms with Gasteiger partial charge in [-0.3, -0.25) is 14.7 Å². The number of hydrogen-bond donors (Lipinski definition) is 0. The Bertz CT molecular complexity index is 1070. The highest BCUT2D eigenvalue weighted by Crippen LogP contribution is 2.29. The zero-order chi connectivity index (χ0) is 23.3. The monoisotopic (exact) mass is 445 g/mol. The first-order valence-corrected chi connectivity index (χ1v) is 11.2. The van der Waals surface area contributed by atoms with Crippen molar-refractivity contribution >= 4 is 5.91 Å². The Morgan fingerprint density at radius 1 is 1.09 bits per heavy atom. The van der Waals surface area contributed by atoms with Crippen molar-refractivity contribution in [2.24, 2.45) is 0 Å². The van der Waals surface area contributed by atoms with Gasteiger partial charge in [0.05, 0.1) is 13.7 Å². The van der Waals surface area contributed by atoms with Gasteiger partial charge in [0, 0.05) is 52.5 Å². The lowest BCUT2D eigenvalue weighted by molar-refractivity contribution is -0.169. The third kappa shape index (κ3) is 5.41. The van der Waals surface area contributed by atoms with Crippen molar-refractivity contribution in [1.29, 1.82) is 0 Å². The molecule has 0 bridgehead atoms. The van der Waals surface area contributed by atoms with Crippen LogP contribution in [0.25, 0.3) is 11.1 Å². The number of rotatable bonds is 7. The van der Waals surface area contributed by atoms with Crippen molar-refractivity contribution in [3.05, 3.63) is 84.2 Å². The Kier molecular flexibility index (Phi) is 7.06. The number of pyridine rings is 1. The van der Waals surface area contributed by atoms with E-state index in [1.165, 1.54) is 5.56 Å². The number of hydrogen-bond acceptors (Lipinski definition) is 5. The van der Waals surface area contributed by atoms with Gasteiger partial charge in [0.2, 0.25) is 0 Å². The summed E-state index contributed by atoms with van der Waals surface area (Å²) in [5.41, 5.74) is 3.46. The smallest absolute Gasteiger partial charge is 0.255 e. The van der Waals surface area contributed by atoms with Crippen LogP contribution < -0.4 is 4.74 Å². The average Bonchev–Trinajstić information content (AvgIpc) is 2.85. The van der Waals surface area contributed by atoms with E-state index in [0.29, 0.717) is 19.6 Å². The lowest BCUT2D eigenvalue weighted by Crippen LogP contribution is -2.60. The highest BCUT2D eigenvalue weighted by Gasteiger charge is 2.44. The summed E-state index contributed by atoms with van der Waals surface area (Å²) in [7, 11) is 5.26. The van der Waals surface area contributed by atoms with Crippen molar-refractivity contribution in [2.45, 2.75) is 18.6 Å². The molecule has 2 heterocycles. The minimum atomic E-state index is -0.929. The first-order valence-electron chi connectivity index (χ1n) is 11.2. The molecule has 0 N–H and O–H groups in total. The number of amides is 1. The van der Waals surface area contributed by atoms with Gasteiger partial charge in [0.1, 0.15) is 5.75 Å². The van der Waals surface area contributed by atoms with Gasteiger partial charge in [-0.25, -0.2) is 0 Å². The summed E-state index contributed by atoms with van der Waals surface area (Å²) >= 11 is 0. The molecular weight excluding hydrogens is 414 g/mol. The first kappa shape index (κ1) is 23.0. The molecule has 0 spiro atoms. The summed E-state index contributed by atoms with van der Waals surface area (Å²) < 4.78 is 11.5. The fourth-order valence-corrected chi connectivity index (χ4v) is 4.42. The van der Waals surface area contributed by atoms with Crippen LogP contribution in [0.1, 0.15) is 11.1 Å². The van der Waals surface area contributed by atoms with Gasteiger partial charge in [0.25, 0.3) is 5.91 Å². The molecule has 6 nitrogen and oxygen atoms in total. The second-order valence-electron chi connectivity index (χ2n) is 8.72. The molecule has 4 rings (SSSR count). The summed E-state index contributed by atoms with van der Waals surface area (Å²) in [6.45, 7) is 2.58. The molecule has 1 atom stereocenters. The van der Waals surface area contributed by atoms with Gasteiger partial charge in [-0.1, -0.05) is 42.5 Å². The fraction of sp³-hybridized carbons (Fsp3) is 0.333. The maximum atomic E-state index is 13.4. The van der Waals surface area contributed by atoms with E-state index >= 15 is 0 Å². The zero-order valence-electron chi connectivity index (χ0n) is 19.5. The number of aromatic nitrogens is 1. The van der Waals surface area contributed by atoms with Crippen LogP contribution in [-0.4, -0.2) is 67.2 Å². The van der Waals surface area contributed by atoms with Crippen LogP contribution in [0.2, 0.25) is 0 Å². The van der Waals surface area contributed by atoms with Crippen molar-refractivity contribution in [2.75, 3.05) is 40.9 Å². The highest BCUT2D eigenvalue weighted by atomic mass is 16.5. The second kappa shape index (κ2) is 10.1. The standard InChI is InChI=1S/C27H31N3O3/c1-29(2)26(31)27(17-22-6-4-7-23(16-22)24-8-5-13-28-18-24)20-30(14-15-33-27)19-21-9-11-25(32-3)12-10-21/h4-13,16,18H,14-15,17,19-20H2,1-3H3/t27-/m1/s1. The lowest BCUT2D eigenvalue weighted by atomic mass is 9.89. The first-order chi connectivity index (χ1) is 16.0. The zero-order valence-corrected chi connectivity index (χ0v) is 19.5. The van der Waals surface area contributed by atoms with E-state index in [1.807, 2.05) is 36.5 Å². The molecule has 1 amide bonds. The number of carbonyl (C=O) groups excluding carboxylic acids is 1. The van der Waals surface area contributed by atoms with Crippen LogP contribution >= 0.6 is 0 Å². The van der Waals surface area contributed by atoms with Crippen LogP contribution in [0.15, 0.2) is 73.1 Å². The van der Waals surface area contributed by atoms with Crippen molar-refractivity contribution < 1.29 is 14.3 Å². The summed E-state index contributed by atoms with van der Waals surface area (Å²) in [6, 6.07) is 20.4. The maximum Gasteiger partial charge on any atom is 0.255 e. The Morgan fingerprint density at radius 2 is 1.88 bits per heavy atom. The molecule has 3 aromatic rings. The van der Waals surface area contributed by atoms with Crippen molar-refractivity contribution in [3.63, 3.8) is 0 Å². The number of methoxy groups -OCH3 is 1. The fourth-order valence-electron chi connectivity index (χ4n) is 4.42. The van der Waals surface area contributed by atoms with Crippen molar-refractivity contribution in [1.82, 2.24) is 14.8 Å². The quantitative estimate of drug-likeness (QED) is 0.556. The molecule has 1 fully saturated rings. The number of morpholine rings is 1. The number of benzene rings is 2. The number of likely N-dealkylation sites (N-methyl/N-ethyl adjacent to an activating group) is 1. The number of carbonyl (C=O) groups is 1. The molecule has 0 saturated carbocycles. The van der Waals surface area contributed by atoms with Gasteiger partial charge in [-0.2, -0.15) is 0 Å². The summed E-state index contributed by atoms with van der Waals surface area (Å²) in [6.07, 6.45) is 4.14. The summed E-state index contributed by atoms with van der Waals surface area (Å²) in [4.78, 5) is 21.6. The summed E-state index contributed by atoms with van der Waals surface area (Å²) in [5, 5.41) is 0. The summed E-state index contributed by atoms with van der Waals surface area (Å²) in [5.74, 6) is 0.833. The third-order valence-electron chi connectivity index (χ3n) is 6.04. The Labute approximate surface area is 195 Å². The number of nitrogens with zero attached hydrogens (tertiary/aromatic N) is 3. The lowest BCUT2D eigenvalue weighted by Gasteiger charge is -2.43. The van der Waals surface area contributed by atoms with Gasteiger partial charge >= 0.3 is 0 Å². The van der Waals surface area contributed by atoms with Gasteiger partial charge in [-0.15, -0.1) is 0 Å². The second-order valence-corrected chi connectivity index (χ2v) is 8.72. The normalized spacial score (nSPS) is 18.6. The molecule has 172 valence electrons. The van der Waals surface area contributed by atoms with Crippen molar-refractivity contribution in [3.8, 4) is 16.9 Å². The molecule has 0 aliphatic carbocycles. The topological polar surface area (TPSA) is 54.9 Å². The van der Waals surface area contributed by atoms with Crippen LogP contribution in [0.5, 0.6) is 5.75 Å². The molecule has 1 saturated heterocycles. The molecule has 1 aromatic heterocycles. The van der Waals surface area contributed by atoms with Crippen LogP contribution in [0.3, 0.4) is 0 Å². The Hall–Kier alpha value is -3.22. The van der Waals surface area contributed by atoms with Gasteiger partial charge < -0.3 is 14.4 Å². The van der Waals surface area contributed by atoms with Crippen LogP contribution in [-0.2, 0) is 22.5 Å². The Balaban J connectivity index is 1.58. The maximum absolute atomic E-state index is 13.4.